The van der Waals surface area contributed by atoms with Gasteiger partial charge in [0.05, 0.1) is 19.3 Å². The second-order valence-electron chi connectivity index (χ2n) is 4.80. The van der Waals surface area contributed by atoms with Crippen LogP contribution in [0, 0.1) is 0 Å². The number of hydrogen-bond acceptors (Lipinski definition) is 7. The molecule has 11 heteroatoms. The van der Waals surface area contributed by atoms with Crippen molar-refractivity contribution in [1.82, 2.24) is 16.0 Å². The van der Waals surface area contributed by atoms with E-state index in [1.807, 2.05) is 5.32 Å². The molecule has 4 unspecified atom stereocenters. The van der Waals surface area contributed by atoms with E-state index >= 15 is 0 Å². The molecule has 0 aliphatic heterocycles. The van der Waals surface area contributed by atoms with Crippen LogP contribution >= 0.6 is 0 Å². The second-order valence-corrected chi connectivity index (χ2v) is 4.80. The lowest BCUT2D eigenvalue weighted by Crippen LogP contribution is -2.58. The van der Waals surface area contributed by atoms with Gasteiger partial charge in [0, 0.05) is 0 Å². The quantitative estimate of drug-likeness (QED) is 0.221. The predicted octanol–water partition coefficient (Wildman–Crippen LogP) is -4.12. The van der Waals surface area contributed by atoms with Gasteiger partial charge in [-0.2, -0.15) is 0 Å². The lowest BCUT2D eigenvalue weighted by Gasteiger charge is -2.23. The molecule has 0 rings (SSSR count). The van der Waals surface area contributed by atoms with Crippen molar-refractivity contribution in [2.24, 2.45) is 5.73 Å². The third-order valence-corrected chi connectivity index (χ3v) is 2.82. The topological polar surface area (TPSA) is 191 Å². The molecular formula is C12H22N4O7. The number of aliphatic hydroxyl groups excluding tert-OH is 2. The maximum Gasteiger partial charge on any atom is 0.328 e. The number of aliphatic hydroxyl groups is 2. The summed E-state index contributed by atoms with van der Waals surface area (Å²) < 4.78 is 0. The molecule has 8 N–H and O–H groups in total. The van der Waals surface area contributed by atoms with Crippen molar-refractivity contribution in [3.63, 3.8) is 0 Å². The normalized spacial score (nSPS) is 15.7. The molecule has 0 aromatic heterocycles. The van der Waals surface area contributed by atoms with Crippen molar-refractivity contribution in [2.45, 2.75) is 38.1 Å². The van der Waals surface area contributed by atoms with E-state index in [9.17, 15) is 24.3 Å². The number of hydrogen-bond donors (Lipinski definition) is 7. The summed E-state index contributed by atoms with van der Waals surface area (Å²) in [6, 6.07) is -3.99. The van der Waals surface area contributed by atoms with Gasteiger partial charge in [-0.15, -0.1) is 0 Å². The Morgan fingerprint density at radius 3 is 2.00 bits per heavy atom. The van der Waals surface area contributed by atoms with Crippen LogP contribution in [0.4, 0.5) is 0 Å². The first kappa shape index (κ1) is 20.8. The summed E-state index contributed by atoms with van der Waals surface area (Å²) in [4.78, 5) is 45.6. The Morgan fingerprint density at radius 1 is 1.04 bits per heavy atom. The molecule has 0 saturated heterocycles. The van der Waals surface area contributed by atoms with E-state index in [0.717, 1.165) is 0 Å². The van der Waals surface area contributed by atoms with Crippen LogP contribution < -0.4 is 21.7 Å². The number of nitrogens with one attached hydrogen (secondary N) is 3. The molecule has 0 saturated carbocycles. The molecule has 3 amide bonds. The van der Waals surface area contributed by atoms with Crippen LogP contribution in [0.15, 0.2) is 0 Å². The number of carbonyl (C=O) groups excluding carboxylic acids is 3. The Kier molecular flexibility index (Phi) is 8.77. The summed E-state index contributed by atoms with van der Waals surface area (Å²) in [5, 5.41) is 33.5. The van der Waals surface area contributed by atoms with Crippen molar-refractivity contribution >= 4 is 23.7 Å². The zero-order valence-corrected chi connectivity index (χ0v) is 12.8. The van der Waals surface area contributed by atoms with Crippen molar-refractivity contribution in [2.75, 3.05) is 13.2 Å². The maximum atomic E-state index is 12.0. The van der Waals surface area contributed by atoms with Crippen LogP contribution in [0.25, 0.3) is 0 Å². The van der Waals surface area contributed by atoms with Gasteiger partial charge in [-0.05, 0) is 13.8 Å². The SMILES string of the molecule is CC(NC(=O)C(NC(=O)CN)C(C)O)C(=O)NC(CO)C(=O)O. The number of carbonyl (C=O) groups is 4. The van der Waals surface area contributed by atoms with Gasteiger partial charge < -0.3 is 37.0 Å². The Bertz CT molecular complexity index is 455. The summed E-state index contributed by atoms with van der Waals surface area (Å²) in [5.41, 5.74) is 5.10. The van der Waals surface area contributed by atoms with Crippen LogP contribution in [-0.4, -0.2) is 76.4 Å². The number of carboxylic acid groups (broad SMARTS) is 1. The summed E-state index contributed by atoms with van der Waals surface area (Å²) in [7, 11) is 0. The van der Waals surface area contributed by atoms with Gasteiger partial charge in [0.2, 0.25) is 17.7 Å². The first-order valence-corrected chi connectivity index (χ1v) is 6.75. The molecule has 23 heavy (non-hydrogen) atoms. The standard InChI is InChI=1S/C12H22N4O7/c1-5(10(20)15-7(4-17)12(22)23)14-11(21)9(6(2)18)16-8(19)3-13/h5-7,9,17-18H,3-4,13H2,1-2H3,(H,14,21)(H,15,20)(H,16,19)(H,22,23). The number of aliphatic carboxylic acids is 1. The molecule has 0 heterocycles. The molecule has 0 aromatic rings. The van der Waals surface area contributed by atoms with Crippen LogP contribution in [0.1, 0.15) is 13.8 Å². The minimum atomic E-state index is -1.51. The number of nitrogens with two attached hydrogens (primary N) is 1. The Hall–Kier alpha value is -2.24. The van der Waals surface area contributed by atoms with Gasteiger partial charge in [0.1, 0.15) is 18.1 Å². The highest BCUT2D eigenvalue weighted by Gasteiger charge is 2.29. The van der Waals surface area contributed by atoms with Gasteiger partial charge in [0.15, 0.2) is 0 Å². The zero-order valence-electron chi connectivity index (χ0n) is 12.8. The fourth-order valence-electron chi connectivity index (χ4n) is 1.49. The van der Waals surface area contributed by atoms with E-state index in [4.69, 9.17) is 15.9 Å². The molecule has 11 nitrogen and oxygen atoms in total. The van der Waals surface area contributed by atoms with E-state index < -0.39 is 54.5 Å². The lowest BCUT2D eigenvalue weighted by molar-refractivity contribution is -0.143. The molecular weight excluding hydrogens is 312 g/mol. The van der Waals surface area contributed by atoms with Crippen LogP contribution in [-0.2, 0) is 19.2 Å². The zero-order chi connectivity index (χ0) is 18.2. The number of rotatable bonds is 9. The van der Waals surface area contributed by atoms with Gasteiger partial charge in [0.25, 0.3) is 0 Å². The summed E-state index contributed by atoms with van der Waals surface area (Å²) in [6.07, 6.45) is -1.25. The highest BCUT2D eigenvalue weighted by molar-refractivity contribution is 5.93. The molecule has 0 spiro atoms. The van der Waals surface area contributed by atoms with Crippen molar-refractivity contribution in [3.8, 4) is 0 Å². The van der Waals surface area contributed by atoms with Crippen molar-refractivity contribution in [3.05, 3.63) is 0 Å². The van der Waals surface area contributed by atoms with Crippen LogP contribution in [0.2, 0.25) is 0 Å². The Labute approximate surface area is 132 Å². The second kappa shape index (κ2) is 9.71. The molecule has 0 aliphatic carbocycles. The third kappa shape index (κ3) is 7.04. The molecule has 0 aromatic carbocycles. The molecule has 0 bridgehead atoms. The average Bonchev–Trinajstić information content (AvgIpc) is 2.48. The fraction of sp³-hybridized carbons (Fsp3) is 0.667. The molecule has 4 atom stereocenters. The smallest absolute Gasteiger partial charge is 0.328 e. The molecule has 0 aliphatic rings. The third-order valence-electron chi connectivity index (χ3n) is 2.82. The largest absolute Gasteiger partial charge is 0.480 e. The Balaban J connectivity index is 4.74. The van der Waals surface area contributed by atoms with Gasteiger partial charge in [-0.1, -0.05) is 0 Å². The van der Waals surface area contributed by atoms with Gasteiger partial charge in [-0.3, -0.25) is 14.4 Å². The highest BCUT2D eigenvalue weighted by atomic mass is 16.4. The van der Waals surface area contributed by atoms with Crippen LogP contribution in [0.5, 0.6) is 0 Å². The van der Waals surface area contributed by atoms with E-state index in [2.05, 4.69) is 10.6 Å². The van der Waals surface area contributed by atoms with Crippen molar-refractivity contribution < 1.29 is 34.5 Å². The van der Waals surface area contributed by atoms with E-state index in [-0.39, 0.29) is 6.54 Å². The summed E-state index contributed by atoms with van der Waals surface area (Å²) in [5.74, 6) is -3.81. The monoisotopic (exact) mass is 334 g/mol. The minimum Gasteiger partial charge on any atom is -0.480 e. The molecule has 132 valence electrons. The minimum absolute atomic E-state index is 0.386. The lowest BCUT2D eigenvalue weighted by atomic mass is 10.1. The first-order chi connectivity index (χ1) is 10.6. The average molecular weight is 334 g/mol. The molecule has 0 fully saturated rings. The summed E-state index contributed by atoms with van der Waals surface area (Å²) >= 11 is 0. The predicted molar refractivity (Wildman–Crippen MR) is 76.9 cm³/mol. The van der Waals surface area contributed by atoms with E-state index in [1.54, 1.807) is 0 Å². The number of carboxylic acids is 1. The van der Waals surface area contributed by atoms with Crippen LogP contribution in [0.3, 0.4) is 0 Å². The molecule has 0 radical (unpaired) electrons. The maximum absolute atomic E-state index is 12.0. The van der Waals surface area contributed by atoms with E-state index in [1.165, 1.54) is 13.8 Å². The van der Waals surface area contributed by atoms with Gasteiger partial charge in [-0.25, -0.2) is 4.79 Å². The van der Waals surface area contributed by atoms with Gasteiger partial charge >= 0.3 is 5.97 Å². The first-order valence-electron chi connectivity index (χ1n) is 6.75. The highest BCUT2D eigenvalue weighted by Crippen LogP contribution is 1.96. The summed E-state index contributed by atoms with van der Waals surface area (Å²) in [6.45, 7) is 1.33. The van der Waals surface area contributed by atoms with Crippen molar-refractivity contribution in [1.29, 1.82) is 0 Å². The fourth-order valence-corrected chi connectivity index (χ4v) is 1.49. The number of amides is 3. The van der Waals surface area contributed by atoms with E-state index in [0.29, 0.717) is 0 Å². The Morgan fingerprint density at radius 2 is 1.61 bits per heavy atom.